The number of ether oxygens (including phenoxy) is 2. The molecule has 0 amide bonds. The smallest absolute Gasteiger partial charge is 0.425 e. The fraction of sp³-hybridized carbons (Fsp3) is 0.529. The molecule has 0 fully saturated rings. The normalized spacial score (nSPS) is 12.8. The minimum Gasteiger partial charge on any atom is -0.464 e. The first kappa shape index (κ1) is 24.2. The van der Waals surface area contributed by atoms with E-state index in [4.69, 9.17) is 14.6 Å². The van der Waals surface area contributed by atoms with Gasteiger partial charge < -0.3 is 14.6 Å². The van der Waals surface area contributed by atoms with Crippen molar-refractivity contribution in [1.29, 1.82) is 0 Å². The number of nitrogens with zero attached hydrogens (tertiary/aromatic N) is 4. The van der Waals surface area contributed by atoms with Gasteiger partial charge in [-0.2, -0.15) is 22.8 Å². The van der Waals surface area contributed by atoms with Gasteiger partial charge in [-0.3, -0.25) is 4.57 Å². The van der Waals surface area contributed by atoms with E-state index >= 15 is 0 Å². The van der Waals surface area contributed by atoms with Crippen LogP contribution in [0.1, 0.15) is 37.0 Å². The predicted octanol–water partition coefficient (Wildman–Crippen LogP) is 1.92. The van der Waals surface area contributed by atoms with Crippen molar-refractivity contribution in [3.63, 3.8) is 0 Å². The summed E-state index contributed by atoms with van der Waals surface area (Å²) in [5.74, 6) is -4.90. The summed E-state index contributed by atoms with van der Waals surface area (Å²) in [5, 5.41) is 12.6. The predicted molar refractivity (Wildman–Crippen MR) is 94.2 cm³/mol. The molecule has 2 aromatic rings. The van der Waals surface area contributed by atoms with E-state index in [-0.39, 0.29) is 6.54 Å². The van der Waals surface area contributed by atoms with Crippen molar-refractivity contribution in [3.05, 3.63) is 33.8 Å². The van der Waals surface area contributed by atoms with Crippen LogP contribution < -0.4 is 10.4 Å². The molecule has 2 aromatic heterocycles. The van der Waals surface area contributed by atoms with Gasteiger partial charge in [0.2, 0.25) is 5.88 Å². The highest BCUT2D eigenvalue weighted by Gasteiger charge is 2.39. The molecule has 0 radical (unpaired) electrons. The summed E-state index contributed by atoms with van der Waals surface area (Å²) in [4.78, 5) is 28.2. The van der Waals surface area contributed by atoms with Crippen LogP contribution in [0.5, 0.6) is 5.88 Å². The highest BCUT2D eigenvalue weighted by Crippen LogP contribution is 2.28. The molecule has 2 heterocycles. The molecule has 0 aliphatic rings. The summed E-state index contributed by atoms with van der Waals surface area (Å²) < 4.78 is 77.3. The summed E-state index contributed by atoms with van der Waals surface area (Å²) in [6.45, 7) is 1.36. The zero-order valence-electron chi connectivity index (χ0n) is 16.6. The van der Waals surface area contributed by atoms with Gasteiger partial charge in [0.1, 0.15) is 12.2 Å². The Morgan fingerprint density at radius 2 is 1.94 bits per heavy atom. The summed E-state index contributed by atoms with van der Waals surface area (Å²) in [6.07, 6.45) is -7.99. The second kappa shape index (κ2) is 9.41. The number of hydrogen-bond acceptors (Lipinski definition) is 7. The van der Waals surface area contributed by atoms with Crippen LogP contribution in [0.3, 0.4) is 0 Å². The van der Waals surface area contributed by atoms with E-state index in [2.05, 4.69) is 10.1 Å². The lowest BCUT2D eigenvalue weighted by atomic mass is 10.2. The van der Waals surface area contributed by atoms with Gasteiger partial charge in [-0.1, -0.05) is 0 Å². The van der Waals surface area contributed by atoms with Gasteiger partial charge in [-0.05, 0) is 26.8 Å². The number of halogens is 5. The van der Waals surface area contributed by atoms with Gasteiger partial charge in [-0.15, -0.1) is 5.10 Å². The molecular weight excluding hydrogens is 435 g/mol. The third kappa shape index (κ3) is 5.37. The highest BCUT2D eigenvalue weighted by molar-refractivity contribution is 5.92. The van der Waals surface area contributed by atoms with Crippen LogP contribution in [0, 0.1) is 5.82 Å². The maximum atomic E-state index is 14.7. The van der Waals surface area contributed by atoms with E-state index in [1.54, 1.807) is 0 Å². The molecule has 31 heavy (non-hydrogen) atoms. The van der Waals surface area contributed by atoms with E-state index in [1.807, 2.05) is 0 Å². The Hall–Kier alpha value is -3.03. The van der Waals surface area contributed by atoms with Crippen molar-refractivity contribution in [2.24, 2.45) is 0 Å². The molecule has 0 saturated carbocycles. The topological polar surface area (TPSA) is 108 Å². The van der Waals surface area contributed by atoms with Gasteiger partial charge in [0, 0.05) is 0 Å². The second-order valence-electron chi connectivity index (χ2n) is 6.52. The third-order valence-electron chi connectivity index (χ3n) is 3.82. The Labute approximate surface area is 172 Å². The van der Waals surface area contributed by atoms with Gasteiger partial charge in [-0.25, -0.2) is 18.4 Å². The number of carbonyl (C=O) groups excluding carboxylic acids is 1. The minimum absolute atomic E-state index is 0.294. The molecule has 1 atom stereocenters. The van der Waals surface area contributed by atoms with E-state index in [0.717, 1.165) is 0 Å². The van der Waals surface area contributed by atoms with Crippen molar-refractivity contribution < 1.29 is 41.3 Å². The first-order valence-electron chi connectivity index (χ1n) is 8.91. The number of pyridine rings is 1. The van der Waals surface area contributed by atoms with E-state index in [9.17, 15) is 31.5 Å². The first-order valence-corrected chi connectivity index (χ1v) is 8.91. The molecular formula is C17H19F5N4O5. The van der Waals surface area contributed by atoms with Crippen LogP contribution in [0.4, 0.5) is 22.0 Å². The SMILES string of the molecule is CC(C)OC(=O)c1cc(F)c(-n2nc(CF)n(CCO)c2=O)nc1O[C@@H](C)C(F)(F)F. The van der Waals surface area contributed by atoms with Crippen LogP contribution in [0.15, 0.2) is 10.9 Å². The maximum absolute atomic E-state index is 14.7. The largest absolute Gasteiger partial charge is 0.464 e. The summed E-state index contributed by atoms with van der Waals surface area (Å²) in [7, 11) is 0. The molecule has 0 unspecified atom stereocenters. The van der Waals surface area contributed by atoms with Crippen molar-refractivity contribution >= 4 is 5.97 Å². The van der Waals surface area contributed by atoms with Crippen molar-refractivity contribution in [3.8, 4) is 11.7 Å². The number of aliphatic hydroxyl groups is 1. The molecule has 0 bridgehead atoms. The Morgan fingerprint density at radius 1 is 1.29 bits per heavy atom. The number of alkyl halides is 4. The van der Waals surface area contributed by atoms with Crippen LogP contribution >= 0.6 is 0 Å². The number of esters is 1. The van der Waals surface area contributed by atoms with Crippen molar-refractivity contribution in [1.82, 2.24) is 19.3 Å². The molecule has 0 saturated heterocycles. The molecule has 0 aromatic carbocycles. The highest BCUT2D eigenvalue weighted by atomic mass is 19.4. The molecule has 1 N–H and O–H groups in total. The van der Waals surface area contributed by atoms with E-state index in [0.29, 0.717) is 22.2 Å². The van der Waals surface area contributed by atoms with E-state index in [1.165, 1.54) is 13.8 Å². The molecule has 14 heteroatoms. The third-order valence-corrected chi connectivity index (χ3v) is 3.82. The average molecular weight is 454 g/mol. The molecule has 0 spiro atoms. The number of aliphatic hydroxyl groups excluding tert-OH is 1. The minimum atomic E-state index is -4.85. The summed E-state index contributed by atoms with van der Waals surface area (Å²) >= 11 is 0. The molecule has 0 aliphatic carbocycles. The number of aromatic nitrogens is 4. The van der Waals surface area contributed by atoms with Crippen LogP contribution in [-0.4, -0.2) is 55.4 Å². The zero-order valence-corrected chi connectivity index (χ0v) is 16.6. The lowest BCUT2D eigenvalue weighted by Crippen LogP contribution is -2.33. The standard InChI is InChI=1S/C17H19F5N4O5/c1-8(2)30-15(28)10-6-11(19)13(23-14(10)31-9(3)17(20,21)22)26-16(29)25(4-5-27)12(7-18)24-26/h6,8-9,27H,4-5,7H2,1-3H3/t9-/m0/s1. The fourth-order valence-electron chi connectivity index (χ4n) is 2.36. The molecule has 0 aliphatic heterocycles. The van der Waals surface area contributed by atoms with Gasteiger partial charge in [0.15, 0.2) is 23.6 Å². The first-order chi connectivity index (χ1) is 14.4. The molecule has 172 valence electrons. The van der Waals surface area contributed by atoms with Crippen LogP contribution in [0.2, 0.25) is 0 Å². The van der Waals surface area contributed by atoms with Crippen molar-refractivity contribution in [2.45, 2.75) is 52.4 Å². The zero-order chi connectivity index (χ0) is 23.5. The summed E-state index contributed by atoms with van der Waals surface area (Å²) in [5.41, 5.74) is -1.86. The van der Waals surface area contributed by atoms with E-state index < -0.39 is 72.2 Å². The quantitative estimate of drug-likeness (QED) is 0.480. The number of carbonyl (C=O) groups is 1. The molecule has 9 nitrogen and oxygen atoms in total. The number of hydrogen-bond donors (Lipinski definition) is 1. The Balaban J connectivity index is 2.67. The van der Waals surface area contributed by atoms with Gasteiger partial charge in [0.05, 0.1) is 19.3 Å². The maximum Gasteiger partial charge on any atom is 0.425 e. The van der Waals surface area contributed by atoms with Crippen LogP contribution in [0.25, 0.3) is 5.82 Å². The average Bonchev–Trinajstić information content (AvgIpc) is 2.97. The van der Waals surface area contributed by atoms with Crippen molar-refractivity contribution in [2.75, 3.05) is 6.61 Å². The summed E-state index contributed by atoms with van der Waals surface area (Å²) in [6, 6.07) is 0.484. The van der Waals surface area contributed by atoms with Crippen LogP contribution in [-0.2, 0) is 18.0 Å². The Morgan fingerprint density at radius 3 is 2.45 bits per heavy atom. The second-order valence-corrected chi connectivity index (χ2v) is 6.52. The lowest BCUT2D eigenvalue weighted by molar-refractivity contribution is -0.190. The fourth-order valence-corrected chi connectivity index (χ4v) is 2.36. The van der Waals surface area contributed by atoms with Gasteiger partial charge in [0.25, 0.3) is 0 Å². The van der Waals surface area contributed by atoms with Gasteiger partial charge >= 0.3 is 17.8 Å². The monoisotopic (exact) mass is 454 g/mol. The molecule has 2 rings (SSSR count). The lowest BCUT2D eigenvalue weighted by Gasteiger charge is -2.19. The number of rotatable bonds is 8. The Bertz CT molecular complexity index is 1000. The Kier molecular flexibility index (Phi) is 7.36.